The van der Waals surface area contributed by atoms with Crippen molar-refractivity contribution in [2.24, 2.45) is 5.92 Å². The van der Waals surface area contributed by atoms with Gasteiger partial charge in [-0.3, -0.25) is 0 Å². The highest BCUT2D eigenvalue weighted by molar-refractivity contribution is 7.91. The Labute approximate surface area is 292 Å². The van der Waals surface area contributed by atoms with Crippen LogP contribution in [0.4, 0.5) is 20.2 Å². The van der Waals surface area contributed by atoms with E-state index in [1.807, 2.05) is 12.1 Å². The smallest absolute Gasteiger partial charge is 0.206 e. The van der Waals surface area contributed by atoms with E-state index in [-0.39, 0.29) is 25.5 Å². The molecule has 0 bridgehead atoms. The number of sulfone groups is 2. The molecule has 4 N–H and O–H groups in total. The van der Waals surface area contributed by atoms with Crippen molar-refractivity contribution in [3.8, 4) is 0 Å². The van der Waals surface area contributed by atoms with Gasteiger partial charge in [0.1, 0.15) is 11.6 Å². The zero-order valence-electron chi connectivity index (χ0n) is 28.0. The Bertz CT molecular complexity index is 2130. The Morgan fingerprint density at radius 1 is 0.640 bits per heavy atom. The summed E-state index contributed by atoms with van der Waals surface area (Å²) in [5.41, 5.74) is 4.14. The van der Waals surface area contributed by atoms with Gasteiger partial charge in [-0.1, -0.05) is 19.1 Å². The summed E-state index contributed by atoms with van der Waals surface area (Å²) in [6.07, 6.45) is 2.99. The lowest BCUT2D eigenvalue weighted by Crippen LogP contribution is -2.25. The van der Waals surface area contributed by atoms with E-state index in [1.54, 1.807) is 24.3 Å². The van der Waals surface area contributed by atoms with E-state index in [0.29, 0.717) is 30.0 Å². The molecule has 50 heavy (non-hydrogen) atoms. The van der Waals surface area contributed by atoms with Crippen LogP contribution in [0, 0.1) is 17.6 Å². The van der Waals surface area contributed by atoms with Crippen molar-refractivity contribution in [3.05, 3.63) is 108 Å². The fourth-order valence-corrected chi connectivity index (χ4v) is 10.7. The Kier molecular flexibility index (Phi) is 9.48. The van der Waals surface area contributed by atoms with Gasteiger partial charge in [0.05, 0.1) is 19.6 Å². The lowest BCUT2D eigenvalue weighted by molar-refractivity contribution is 0.443. The minimum atomic E-state index is -3.73. The molecular formula is C38H42F2N4O4S2. The molecule has 0 radical (unpaired) electrons. The van der Waals surface area contributed by atoms with E-state index in [4.69, 9.17) is 0 Å². The summed E-state index contributed by atoms with van der Waals surface area (Å²) in [6, 6.07) is 21.9. The molecule has 0 aromatic heterocycles. The second-order valence-corrected chi connectivity index (χ2v) is 17.8. The molecule has 0 spiro atoms. The van der Waals surface area contributed by atoms with Crippen LogP contribution in [0.1, 0.15) is 56.1 Å². The maximum Gasteiger partial charge on any atom is 0.206 e. The Balaban J connectivity index is 0.000000157. The van der Waals surface area contributed by atoms with Crippen LogP contribution in [-0.2, 0) is 19.7 Å². The topological polar surface area (TPSA) is 116 Å². The molecule has 4 aliphatic rings. The van der Waals surface area contributed by atoms with Gasteiger partial charge in [-0.15, -0.1) is 0 Å². The van der Waals surface area contributed by atoms with Crippen LogP contribution >= 0.6 is 0 Å². The average molecular weight is 721 g/mol. The molecule has 2 fully saturated rings. The lowest BCUT2D eigenvalue weighted by Gasteiger charge is -2.22. The van der Waals surface area contributed by atoms with E-state index >= 15 is 0 Å². The first-order chi connectivity index (χ1) is 23.9. The maximum atomic E-state index is 13.5. The van der Waals surface area contributed by atoms with Crippen LogP contribution in [0.15, 0.2) is 105 Å². The molecule has 6 atom stereocenters. The van der Waals surface area contributed by atoms with Crippen LogP contribution in [-0.4, -0.2) is 54.6 Å². The summed E-state index contributed by atoms with van der Waals surface area (Å²) in [7, 11) is -7.46. The van der Waals surface area contributed by atoms with Crippen LogP contribution in [0.5, 0.6) is 0 Å². The predicted molar refractivity (Wildman–Crippen MR) is 190 cm³/mol. The minimum Gasteiger partial charge on any atom is -0.381 e. The van der Waals surface area contributed by atoms with Crippen molar-refractivity contribution in [1.29, 1.82) is 0 Å². The average Bonchev–Trinajstić information content (AvgIpc) is 3.49. The molecule has 8 nitrogen and oxygen atoms in total. The largest absolute Gasteiger partial charge is 0.381 e. The van der Waals surface area contributed by atoms with Crippen molar-refractivity contribution in [3.63, 3.8) is 0 Å². The molecule has 0 amide bonds. The van der Waals surface area contributed by atoms with Crippen LogP contribution in [0.3, 0.4) is 0 Å². The highest BCUT2D eigenvalue weighted by Gasteiger charge is 2.38. The van der Waals surface area contributed by atoms with Gasteiger partial charge in [0.2, 0.25) is 19.7 Å². The Hall–Kier alpha value is -3.84. The zero-order valence-corrected chi connectivity index (χ0v) is 29.6. The first-order valence-electron chi connectivity index (χ1n) is 17.2. The summed E-state index contributed by atoms with van der Waals surface area (Å²) in [6.45, 7) is 7.19. The van der Waals surface area contributed by atoms with E-state index in [1.165, 1.54) is 36.4 Å². The molecular weight excluding hydrogens is 679 g/mol. The van der Waals surface area contributed by atoms with Gasteiger partial charge in [0, 0.05) is 41.3 Å². The number of hydrogen-bond donors (Lipinski definition) is 4. The Morgan fingerprint density at radius 2 is 1.18 bits per heavy atom. The number of fused-ring (bicyclic) bond motifs is 6. The van der Waals surface area contributed by atoms with Crippen molar-refractivity contribution >= 4 is 31.0 Å². The summed E-state index contributed by atoms with van der Waals surface area (Å²) >= 11 is 0. The molecule has 8 rings (SSSR count). The van der Waals surface area contributed by atoms with Crippen molar-refractivity contribution < 1.29 is 25.6 Å². The van der Waals surface area contributed by atoms with Crippen molar-refractivity contribution in [1.82, 2.24) is 10.6 Å². The number of halogens is 2. The Morgan fingerprint density at radius 3 is 1.80 bits per heavy atom. The van der Waals surface area contributed by atoms with Crippen molar-refractivity contribution in [2.75, 3.05) is 30.3 Å². The van der Waals surface area contributed by atoms with Gasteiger partial charge in [0.25, 0.3) is 0 Å². The third-order valence-electron chi connectivity index (χ3n) is 10.5. The van der Waals surface area contributed by atoms with Gasteiger partial charge in [-0.2, -0.15) is 0 Å². The summed E-state index contributed by atoms with van der Waals surface area (Å²) in [4.78, 5) is 0.435. The first-order valence-corrected chi connectivity index (χ1v) is 20.1. The second-order valence-electron chi connectivity index (χ2n) is 13.9. The fourth-order valence-electron chi connectivity index (χ4n) is 8.01. The summed E-state index contributed by atoms with van der Waals surface area (Å²) < 4.78 is 78.5. The molecule has 4 aliphatic heterocycles. The molecule has 264 valence electrons. The maximum absolute atomic E-state index is 13.5. The van der Waals surface area contributed by atoms with Gasteiger partial charge in [-0.05, 0) is 136 Å². The van der Waals surface area contributed by atoms with E-state index in [2.05, 4.69) is 35.1 Å². The SMILES string of the molecule is CC1CNCC[C@H]2Nc3ccc(S(=O)(=O)c4cccc(F)c4)cc3[C@H]12.CC1C[C@H]2c3cc(S(=O)(=O)c4cccc(F)c4)ccc3N[C@@H]2CCN1. The molecule has 0 aliphatic carbocycles. The molecule has 2 unspecified atom stereocenters. The summed E-state index contributed by atoms with van der Waals surface area (Å²) in [5.74, 6) is -0.108. The predicted octanol–water partition coefficient (Wildman–Crippen LogP) is 6.47. The second kappa shape index (κ2) is 13.7. The third-order valence-corrected chi connectivity index (χ3v) is 14.0. The standard InChI is InChI=1S/2C19H21FN2O2S/c1-12-11-21-8-7-18-19(12)16-10-15(5-6-17(16)22-18)25(23,24)14-4-2-3-13(20)9-14;1-12-9-16-17-11-15(5-6-18(17)22-19(16)7-8-21-12)25(23,24)14-4-2-3-13(20)10-14/h2-6,9-10,12,18-19,21-22H,7-8,11H2,1H3;2-6,10-12,16,19,21-22H,7-9H2,1H3/t12?,18-,19+;12?,16-,19+/m10/s1. The van der Waals surface area contributed by atoms with E-state index in [9.17, 15) is 25.6 Å². The van der Waals surface area contributed by atoms with E-state index < -0.39 is 31.3 Å². The van der Waals surface area contributed by atoms with Crippen molar-refractivity contribution in [2.45, 2.75) is 82.7 Å². The highest BCUT2D eigenvalue weighted by Crippen LogP contribution is 2.44. The van der Waals surface area contributed by atoms with E-state index in [0.717, 1.165) is 73.5 Å². The highest BCUT2D eigenvalue weighted by atomic mass is 32.2. The molecule has 4 heterocycles. The quantitative estimate of drug-likeness (QED) is 0.190. The number of hydrogen-bond acceptors (Lipinski definition) is 8. The number of benzene rings is 4. The van der Waals surface area contributed by atoms with Gasteiger partial charge >= 0.3 is 0 Å². The van der Waals surface area contributed by atoms with Gasteiger partial charge < -0.3 is 21.3 Å². The molecule has 0 saturated carbocycles. The molecule has 12 heteroatoms. The van der Waals surface area contributed by atoms with Crippen LogP contribution < -0.4 is 21.3 Å². The molecule has 4 aromatic rings. The number of anilines is 2. The van der Waals surface area contributed by atoms with Gasteiger partial charge in [-0.25, -0.2) is 25.6 Å². The number of rotatable bonds is 4. The monoisotopic (exact) mass is 720 g/mol. The zero-order chi connectivity index (χ0) is 35.2. The lowest BCUT2D eigenvalue weighted by atomic mass is 9.84. The molecule has 2 saturated heterocycles. The summed E-state index contributed by atoms with van der Waals surface area (Å²) in [5, 5.41) is 14.0. The van der Waals surface area contributed by atoms with Crippen LogP contribution in [0.2, 0.25) is 0 Å². The third kappa shape index (κ3) is 6.66. The molecule has 4 aromatic carbocycles. The van der Waals surface area contributed by atoms with Gasteiger partial charge in [0.15, 0.2) is 0 Å². The first kappa shape index (κ1) is 34.6. The van der Waals surface area contributed by atoms with Crippen LogP contribution in [0.25, 0.3) is 0 Å². The minimum absolute atomic E-state index is 0.00847. The number of nitrogens with one attached hydrogen (secondary N) is 4. The fraction of sp³-hybridized carbons (Fsp3) is 0.368. The normalized spacial score (nSPS) is 25.6.